The van der Waals surface area contributed by atoms with Gasteiger partial charge in [0.15, 0.2) is 5.49 Å². The number of nitrogens with zero attached hydrogens (tertiary/aromatic N) is 2. The highest BCUT2D eigenvalue weighted by atomic mass is 79.9. The van der Waals surface area contributed by atoms with Gasteiger partial charge in [0.1, 0.15) is 0 Å². The van der Waals surface area contributed by atoms with Gasteiger partial charge in [0.05, 0.1) is 6.20 Å². The first kappa shape index (κ1) is 12.4. The molecule has 92 valence electrons. The molecular weight excluding hydrogens is 298 g/mol. The highest BCUT2D eigenvalue weighted by Crippen LogP contribution is 2.05. The quantitative estimate of drug-likeness (QED) is 0.795. The van der Waals surface area contributed by atoms with Gasteiger partial charge >= 0.3 is 6.03 Å². The van der Waals surface area contributed by atoms with Crippen molar-refractivity contribution in [2.75, 3.05) is 5.32 Å². The second-order valence-electron chi connectivity index (χ2n) is 3.46. The van der Waals surface area contributed by atoms with Crippen LogP contribution >= 0.6 is 15.9 Å². The Labute approximate surface area is 112 Å². The number of urea groups is 1. The SMILES string of the molecule is O=C(/N=c1/ccc(Br)cn1O)Nc1ccccc1. The van der Waals surface area contributed by atoms with Crippen molar-refractivity contribution in [3.05, 3.63) is 58.6 Å². The molecule has 1 aromatic carbocycles. The minimum absolute atomic E-state index is 0.145. The molecule has 0 unspecified atom stereocenters. The van der Waals surface area contributed by atoms with E-state index >= 15 is 0 Å². The third-order valence-electron chi connectivity index (χ3n) is 2.11. The van der Waals surface area contributed by atoms with Crippen LogP contribution in [-0.4, -0.2) is 16.0 Å². The van der Waals surface area contributed by atoms with Crippen LogP contribution in [0.5, 0.6) is 0 Å². The number of hydrogen-bond acceptors (Lipinski definition) is 2. The monoisotopic (exact) mass is 307 g/mol. The third kappa shape index (κ3) is 3.21. The Morgan fingerprint density at radius 2 is 1.94 bits per heavy atom. The van der Waals surface area contributed by atoms with Crippen molar-refractivity contribution in [1.82, 2.24) is 4.73 Å². The molecule has 18 heavy (non-hydrogen) atoms. The van der Waals surface area contributed by atoms with Crippen LogP contribution < -0.4 is 10.8 Å². The molecule has 0 saturated heterocycles. The van der Waals surface area contributed by atoms with E-state index in [0.29, 0.717) is 10.2 Å². The number of halogens is 1. The number of anilines is 1. The molecule has 0 fully saturated rings. The van der Waals surface area contributed by atoms with E-state index in [0.717, 1.165) is 4.73 Å². The lowest BCUT2D eigenvalue weighted by molar-refractivity contribution is 0.171. The predicted octanol–water partition coefficient (Wildman–Crippen LogP) is 2.62. The summed E-state index contributed by atoms with van der Waals surface area (Å²) in [7, 11) is 0. The summed E-state index contributed by atoms with van der Waals surface area (Å²) in [5.41, 5.74) is 0.791. The molecule has 2 N–H and O–H groups in total. The zero-order chi connectivity index (χ0) is 13.0. The molecule has 0 spiro atoms. The minimum atomic E-state index is -0.550. The molecule has 2 amide bonds. The average molecular weight is 308 g/mol. The van der Waals surface area contributed by atoms with Crippen LogP contribution in [-0.2, 0) is 0 Å². The van der Waals surface area contributed by atoms with Gasteiger partial charge in [-0.2, -0.15) is 9.72 Å². The second-order valence-corrected chi connectivity index (χ2v) is 4.37. The first-order valence-corrected chi connectivity index (χ1v) is 5.93. The van der Waals surface area contributed by atoms with Crippen LogP contribution in [0.15, 0.2) is 58.1 Å². The number of pyridine rings is 1. The van der Waals surface area contributed by atoms with Gasteiger partial charge in [-0.1, -0.05) is 18.2 Å². The molecule has 0 radical (unpaired) electrons. The Hall–Kier alpha value is -2.08. The van der Waals surface area contributed by atoms with E-state index in [1.165, 1.54) is 12.3 Å². The number of rotatable bonds is 1. The number of para-hydroxylation sites is 1. The summed E-state index contributed by atoms with van der Waals surface area (Å²) in [6.07, 6.45) is 1.40. The predicted molar refractivity (Wildman–Crippen MR) is 70.3 cm³/mol. The fourth-order valence-corrected chi connectivity index (χ4v) is 1.65. The molecule has 1 aromatic heterocycles. The normalized spacial score (nSPS) is 11.3. The summed E-state index contributed by atoms with van der Waals surface area (Å²) < 4.78 is 1.46. The summed E-state index contributed by atoms with van der Waals surface area (Å²) in [5, 5.41) is 12.1. The fourth-order valence-electron chi connectivity index (χ4n) is 1.32. The third-order valence-corrected chi connectivity index (χ3v) is 2.58. The van der Waals surface area contributed by atoms with Crippen LogP contribution in [0.1, 0.15) is 0 Å². The summed E-state index contributed by atoms with van der Waals surface area (Å²) in [5.74, 6) is 0. The van der Waals surface area contributed by atoms with Gasteiger partial charge in [0, 0.05) is 10.2 Å². The minimum Gasteiger partial charge on any atom is -0.427 e. The number of carbonyl (C=O) groups excluding carboxylic acids is 1. The van der Waals surface area contributed by atoms with E-state index in [-0.39, 0.29) is 5.49 Å². The van der Waals surface area contributed by atoms with Gasteiger partial charge in [0.2, 0.25) is 0 Å². The standard InChI is InChI=1S/C12H10BrN3O2/c13-9-6-7-11(16(18)8-9)15-12(17)14-10-4-2-1-3-5-10/h1-8,18H,(H,14,17)/b15-11-. The zero-order valence-corrected chi connectivity index (χ0v) is 10.8. The van der Waals surface area contributed by atoms with Gasteiger partial charge in [-0.05, 0) is 40.2 Å². The first-order valence-electron chi connectivity index (χ1n) is 5.13. The van der Waals surface area contributed by atoms with Crippen molar-refractivity contribution in [1.29, 1.82) is 0 Å². The van der Waals surface area contributed by atoms with E-state index < -0.39 is 6.03 Å². The second kappa shape index (κ2) is 5.50. The summed E-state index contributed by atoms with van der Waals surface area (Å²) in [4.78, 5) is 15.3. The van der Waals surface area contributed by atoms with E-state index in [1.807, 2.05) is 18.2 Å². The summed E-state index contributed by atoms with van der Waals surface area (Å²) >= 11 is 3.19. The molecule has 2 aromatic rings. The topological polar surface area (TPSA) is 66.6 Å². The van der Waals surface area contributed by atoms with Crippen LogP contribution in [0.4, 0.5) is 10.5 Å². The Balaban J connectivity index is 2.20. The molecule has 0 atom stereocenters. The molecule has 0 aliphatic carbocycles. The van der Waals surface area contributed by atoms with E-state index in [4.69, 9.17) is 0 Å². The van der Waals surface area contributed by atoms with Crippen LogP contribution in [0.25, 0.3) is 0 Å². The van der Waals surface area contributed by atoms with E-state index in [1.54, 1.807) is 18.2 Å². The van der Waals surface area contributed by atoms with Gasteiger partial charge < -0.3 is 10.5 Å². The maximum absolute atomic E-state index is 11.6. The first-order chi connectivity index (χ1) is 8.65. The average Bonchev–Trinajstić information content (AvgIpc) is 2.34. The van der Waals surface area contributed by atoms with Crippen molar-refractivity contribution in [3.8, 4) is 0 Å². The molecule has 5 nitrogen and oxygen atoms in total. The molecule has 2 rings (SSSR count). The summed E-state index contributed by atoms with van der Waals surface area (Å²) in [6.45, 7) is 0. The highest BCUT2D eigenvalue weighted by Gasteiger charge is 2.00. The number of benzene rings is 1. The van der Waals surface area contributed by atoms with Crippen LogP contribution in [0.3, 0.4) is 0 Å². The molecule has 0 saturated carbocycles. The van der Waals surface area contributed by atoms with E-state index in [9.17, 15) is 10.0 Å². The van der Waals surface area contributed by atoms with Crippen LogP contribution in [0, 0.1) is 0 Å². The Morgan fingerprint density at radius 1 is 1.22 bits per heavy atom. The fraction of sp³-hybridized carbons (Fsp3) is 0. The Bertz CT molecular complexity index is 623. The number of nitrogens with one attached hydrogen (secondary N) is 1. The lowest BCUT2D eigenvalue weighted by Gasteiger charge is -2.01. The van der Waals surface area contributed by atoms with Crippen molar-refractivity contribution < 1.29 is 10.0 Å². The Kier molecular flexibility index (Phi) is 3.78. The lowest BCUT2D eigenvalue weighted by atomic mass is 10.3. The molecule has 0 aliphatic heterocycles. The van der Waals surface area contributed by atoms with Crippen molar-refractivity contribution in [3.63, 3.8) is 0 Å². The Morgan fingerprint density at radius 3 is 2.61 bits per heavy atom. The highest BCUT2D eigenvalue weighted by molar-refractivity contribution is 9.10. The maximum Gasteiger partial charge on any atom is 0.347 e. The molecule has 1 heterocycles. The largest absolute Gasteiger partial charge is 0.427 e. The van der Waals surface area contributed by atoms with Crippen molar-refractivity contribution in [2.24, 2.45) is 4.99 Å². The number of aromatic nitrogens is 1. The smallest absolute Gasteiger partial charge is 0.347 e. The molecule has 6 heteroatoms. The molecule has 0 aliphatic rings. The van der Waals surface area contributed by atoms with E-state index in [2.05, 4.69) is 26.2 Å². The van der Waals surface area contributed by atoms with Gasteiger partial charge in [0.25, 0.3) is 0 Å². The molecular formula is C12H10BrN3O2. The van der Waals surface area contributed by atoms with Crippen molar-refractivity contribution in [2.45, 2.75) is 0 Å². The maximum atomic E-state index is 11.6. The van der Waals surface area contributed by atoms with Gasteiger partial charge in [-0.25, -0.2) is 4.79 Å². The van der Waals surface area contributed by atoms with Gasteiger partial charge in [-0.15, -0.1) is 0 Å². The zero-order valence-electron chi connectivity index (χ0n) is 9.25. The summed E-state index contributed by atoms with van der Waals surface area (Å²) in [6, 6.07) is 11.6. The number of amides is 2. The number of hydrogen-bond donors (Lipinski definition) is 2. The lowest BCUT2D eigenvalue weighted by Crippen LogP contribution is -2.21. The molecule has 0 bridgehead atoms. The van der Waals surface area contributed by atoms with Crippen LogP contribution in [0.2, 0.25) is 0 Å². The van der Waals surface area contributed by atoms with Gasteiger partial charge in [-0.3, -0.25) is 0 Å². The number of carbonyl (C=O) groups is 1. The van der Waals surface area contributed by atoms with Crippen molar-refractivity contribution >= 4 is 27.6 Å².